The molecule has 2 amide bonds. The van der Waals surface area contributed by atoms with Crippen molar-refractivity contribution in [3.8, 4) is 0 Å². The summed E-state index contributed by atoms with van der Waals surface area (Å²) in [5.74, 6) is -0.588. The Labute approximate surface area is 122 Å². The van der Waals surface area contributed by atoms with Crippen LogP contribution in [0.3, 0.4) is 0 Å². The fourth-order valence-corrected chi connectivity index (χ4v) is 1.84. The molecule has 1 atom stereocenters. The molecule has 1 heterocycles. The quantitative estimate of drug-likeness (QED) is 0.637. The molecule has 1 aromatic rings. The first-order chi connectivity index (χ1) is 10.1. The molecule has 7 nitrogen and oxygen atoms in total. The Morgan fingerprint density at radius 2 is 1.95 bits per heavy atom. The number of benzene rings is 1. The number of hydrogen-bond acceptors (Lipinski definition) is 5. The molecule has 1 fully saturated rings. The number of amides is 2. The van der Waals surface area contributed by atoms with Gasteiger partial charge in [0, 0.05) is 17.8 Å². The number of nitrogens with one attached hydrogen (secondary N) is 2. The fourth-order valence-electron chi connectivity index (χ4n) is 1.84. The zero-order valence-electron chi connectivity index (χ0n) is 11.6. The summed E-state index contributed by atoms with van der Waals surface area (Å²) in [4.78, 5) is 23.4. The fraction of sp³-hybridized carbons (Fsp3) is 0.429. The molecule has 4 N–H and O–H groups in total. The topological polar surface area (TPSA) is 103 Å². The van der Waals surface area contributed by atoms with Crippen molar-refractivity contribution in [3.05, 3.63) is 29.8 Å². The molecule has 1 unspecified atom stereocenters. The summed E-state index contributed by atoms with van der Waals surface area (Å²) in [5.41, 5.74) is 6.58. The minimum atomic E-state index is -0.317. The molecule has 7 heteroatoms. The summed E-state index contributed by atoms with van der Waals surface area (Å²) < 4.78 is 10.6. The Morgan fingerprint density at radius 3 is 2.62 bits per heavy atom. The second-order valence-corrected chi connectivity index (χ2v) is 4.68. The van der Waals surface area contributed by atoms with Crippen LogP contribution < -0.4 is 16.4 Å². The lowest BCUT2D eigenvalue weighted by molar-refractivity contribution is -0.123. The first-order valence-corrected chi connectivity index (χ1v) is 6.75. The third kappa shape index (κ3) is 5.05. The van der Waals surface area contributed by atoms with E-state index in [4.69, 9.17) is 15.2 Å². The van der Waals surface area contributed by atoms with Crippen molar-refractivity contribution in [3.63, 3.8) is 0 Å². The summed E-state index contributed by atoms with van der Waals surface area (Å²) in [6.07, 6.45) is -0.129. The molecule has 1 saturated heterocycles. The SMILES string of the molecule is Nc1ccc(C(=O)NCC(=O)NCC2COCCO2)cc1. The highest BCUT2D eigenvalue weighted by atomic mass is 16.6. The number of nitrogen functional groups attached to an aromatic ring is 1. The van der Waals surface area contributed by atoms with Crippen LogP contribution in [0.4, 0.5) is 5.69 Å². The number of anilines is 1. The van der Waals surface area contributed by atoms with Crippen molar-refractivity contribution < 1.29 is 19.1 Å². The molecule has 1 aliphatic rings. The van der Waals surface area contributed by atoms with Crippen LogP contribution >= 0.6 is 0 Å². The molecule has 0 bridgehead atoms. The number of hydrogen-bond donors (Lipinski definition) is 3. The Kier molecular flexibility index (Phi) is 5.53. The monoisotopic (exact) mass is 293 g/mol. The number of carbonyl (C=O) groups is 2. The van der Waals surface area contributed by atoms with Gasteiger partial charge in [0.2, 0.25) is 5.91 Å². The normalized spacial score (nSPS) is 18.0. The molecule has 1 aliphatic heterocycles. The van der Waals surface area contributed by atoms with Gasteiger partial charge >= 0.3 is 0 Å². The summed E-state index contributed by atoms with van der Waals surface area (Å²) >= 11 is 0. The molecule has 0 radical (unpaired) electrons. The number of ether oxygens (including phenoxy) is 2. The van der Waals surface area contributed by atoms with Crippen LogP contribution in [-0.4, -0.2) is 50.8 Å². The van der Waals surface area contributed by atoms with E-state index in [-0.39, 0.29) is 24.5 Å². The lowest BCUT2D eigenvalue weighted by Gasteiger charge is -2.23. The summed E-state index contributed by atoms with van der Waals surface area (Å²) in [5, 5.41) is 5.23. The molecular formula is C14H19N3O4. The number of rotatable bonds is 5. The average molecular weight is 293 g/mol. The van der Waals surface area contributed by atoms with Crippen LogP contribution in [0.25, 0.3) is 0 Å². The van der Waals surface area contributed by atoms with Gasteiger partial charge in [-0.05, 0) is 24.3 Å². The lowest BCUT2D eigenvalue weighted by atomic mass is 10.2. The van der Waals surface area contributed by atoms with Gasteiger partial charge in [-0.15, -0.1) is 0 Å². The van der Waals surface area contributed by atoms with Crippen LogP contribution in [0.5, 0.6) is 0 Å². The van der Waals surface area contributed by atoms with Gasteiger partial charge in [0.25, 0.3) is 5.91 Å². The Balaban J connectivity index is 1.68. The van der Waals surface area contributed by atoms with Crippen LogP contribution in [0.15, 0.2) is 24.3 Å². The van der Waals surface area contributed by atoms with Crippen molar-refractivity contribution >= 4 is 17.5 Å². The predicted molar refractivity (Wildman–Crippen MR) is 76.8 cm³/mol. The molecule has 0 saturated carbocycles. The van der Waals surface area contributed by atoms with Crippen LogP contribution in [0.1, 0.15) is 10.4 Å². The molecule has 0 aromatic heterocycles. The van der Waals surface area contributed by atoms with Crippen LogP contribution in [0, 0.1) is 0 Å². The zero-order chi connectivity index (χ0) is 15.1. The maximum absolute atomic E-state index is 11.8. The van der Waals surface area contributed by atoms with Crippen molar-refractivity contribution in [2.75, 3.05) is 38.6 Å². The van der Waals surface area contributed by atoms with Gasteiger partial charge < -0.3 is 25.8 Å². The van der Waals surface area contributed by atoms with Gasteiger partial charge in [0.1, 0.15) is 0 Å². The van der Waals surface area contributed by atoms with Gasteiger partial charge in [-0.25, -0.2) is 0 Å². The zero-order valence-corrected chi connectivity index (χ0v) is 11.6. The third-order valence-corrected chi connectivity index (χ3v) is 2.99. The smallest absolute Gasteiger partial charge is 0.251 e. The van der Waals surface area contributed by atoms with Crippen molar-refractivity contribution in [1.29, 1.82) is 0 Å². The predicted octanol–water partition coefficient (Wildman–Crippen LogP) is -0.470. The third-order valence-electron chi connectivity index (χ3n) is 2.99. The highest BCUT2D eigenvalue weighted by Crippen LogP contribution is 2.04. The first-order valence-electron chi connectivity index (χ1n) is 6.75. The molecule has 0 spiro atoms. The van der Waals surface area contributed by atoms with E-state index in [1.54, 1.807) is 24.3 Å². The largest absolute Gasteiger partial charge is 0.399 e. The molecular weight excluding hydrogens is 274 g/mol. The molecule has 1 aromatic carbocycles. The van der Waals surface area contributed by atoms with Gasteiger partial charge in [0.15, 0.2) is 0 Å². The molecule has 114 valence electrons. The summed E-state index contributed by atoms with van der Waals surface area (Å²) in [6, 6.07) is 6.48. The van der Waals surface area contributed by atoms with E-state index >= 15 is 0 Å². The van der Waals surface area contributed by atoms with Crippen molar-refractivity contribution in [1.82, 2.24) is 10.6 Å². The van der Waals surface area contributed by atoms with Gasteiger partial charge in [-0.2, -0.15) is 0 Å². The van der Waals surface area contributed by atoms with E-state index < -0.39 is 0 Å². The second kappa shape index (κ2) is 7.61. The van der Waals surface area contributed by atoms with Gasteiger partial charge in [-0.1, -0.05) is 0 Å². The van der Waals surface area contributed by atoms with E-state index in [9.17, 15) is 9.59 Å². The van der Waals surface area contributed by atoms with E-state index in [0.717, 1.165) is 0 Å². The van der Waals surface area contributed by atoms with Crippen LogP contribution in [0.2, 0.25) is 0 Å². The summed E-state index contributed by atoms with van der Waals surface area (Å²) in [7, 11) is 0. The minimum Gasteiger partial charge on any atom is -0.399 e. The molecule has 0 aliphatic carbocycles. The lowest BCUT2D eigenvalue weighted by Crippen LogP contribution is -2.43. The second-order valence-electron chi connectivity index (χ2n) is 4.68. The Morgan fingerprint density at radius 1 is 1.19 bits per heavy atom. The van der Waals surface area contributed by atoms with Gasteiger partial charge in [0.05, 0.1) is 32.5 Å². The maximum atomic E-state index is 11.8. The summed E-state index contributed by atoms with van der Waals surface area (Å²) in [6.45, 7) is 1.88. The standard InChI is InChI=1S/C14H19N3O4/c15-11-3-1-10(2-4-11)14(19)17-8-13(18)16-7-12-9-20-5-6-21-12/h1-4,12H,5-9,15H2,(H,16,18)(H,17,19). The number of nitrogens with two attached hydrogens (primary N) is 1. The van der Waals surface area contributed by atoms with Crippen molar-refractivity contribution in [2.24, 2.45) is 0 Å². The van der Waals surface area contributed by atoms with Crippen LogP contribution in [-0.2, 0) is 14.3 Å². The Bertz CT molecular complexity index is 483. The number of carbonyl (C=O) groups excluding carboxylic acids is 2. The minimum absolute atomic E-state index is 0.0865. The van der Waals surface area contributed by atoms with E-state index in [1.165, 1.54) is 0 Å². The van der Waals surface area contributed by atoms with E-state index in [0.29, 0.717) is 37.6 Å². The van der Waals surface area contributed by atoms with E-state index in [2.05, 4.69) is 10.6 Å². The van der Waals surface area contributed by atoms with Crippen molar-refractivity contribution in [2.45, 2.75) is 6.10 Å². The highest BCUT2D eigenvalue weighted by molar-refractivity contribution is 5.96. The highest BCUT2D eigenvalue weighted by Gasteiger charge is 2.15. The van der Waals surface area contributed by atoms with Gasteiger partial charge in [-0.3, -0.25) is 9.59 Å². The Hall–Kier alpha value is -2.12. The van der Waals surface area contributed by atoms with E-state index in [1.807, 2.05) is 0 Å². The maximum Gasteiger partial charge on any atom is 0.251 e. The first kappa shape index (κ1) is 15.3. The average Bonchev–Trinajstić information content (AvgIpc) is 2.52. The molecule has 2 rings (SSSR count). The molecule has 21 heavy (non-hydrogen) atoms.